The summed E-state index contributed by atoms with van der Waals surface area (Å²) < 4.78 is 21.0. The molecule has 1 heterocycles. The van der Waals surface area contributed by atoms with Crippen LogP contribution >= 0.6 is 27.5 Å². The molecule has 37 heavy (non-hydrogen) atoms. The van der Waals surface area contributed by atoms with Crippen LogP contribution in [0.2, 0.25) is 5.02 Å². The summed E-state index contributed by atoms with van der Waals surface area (Å²) in [6.45, 7) is 0.896. The first-order valence-corrected chi connectivity index (χ1v) is 11.7. The zero-order valence-electron chi connectivity index (χ0n) is 18.9. The predicted octanol–water partition coefficient (Wildman–Crippen LogP) is 5.07. The quantitative estimate of drug-likeness (QED) is 0.182. The second kappa shape index (κ2) is 10.8. The minimum absolute atomic E-state index is 0.000874. The Morgan fingerprint density at radius 2 is 2.05 bits per heavy atom. The summed E-state index contributed by atoms with van der Waals surface area (Å²) >= 11 is 9.38. The normalized spacial score (nSPS) is 11.1. The van der Waals surface area contributed by atoms with Crippen molar-refractivity contribution in [3.05, 3.63) is 102 Å². The Hall–Kier alpha value is -4.16. The lowest BCUT2D eigenvalue weighted by atomic mass is 10.2. The number of ether oxygens (including phenoxy) is 1. The van der Waals surface area contributed by atoms with E-state index in [0.29, 0.717) is 15.4 Å². The number of nitro groups is 1. The number of nitro benzene ring substituents is 1. The number of fused-ring (bicyclic) bond motifs is 1. The lowest BCUT2D eigenvalue weighted by molar-refractivity contribution is -0.385. The monoisotopic (exact) mass is 587 g/mol. The molecule has 0 fully saturated rings. The van der Waals surface area contributed by atoms with Crippen LogP contribution < -0.4 is 15.6 Å². The predicted molar refractivity (Wildman–Crippen MR) is 140 cm³/mol. The number of carbonyl (C=O) groups excluding carboxylic acids is 1. The Labute approximate surface area is 221 Å². The summed E-state index contributed by atoms with van der Waals surface area (Å²) in [7, 11) is 0. The third kappa shape index (κ3) is 5.81. The van der Waals surface area contributed by atoms with Gasteiger partial charge in [0.2, 0.25) is 5.75 Å². The zero-order chi connectivity index (χ0) is 26.7. The molecule has 0 aliphatic heterocycles. The molecule has 1 N–H and O–H groups in total. The van der Waals surface area contributed by atoms with Crippen molar-refractivity contribution in [3.63, 3.8) is 0 Å². The van der Waals surface area contributed by atoms with Gasteiger partial charge < -0.3 is 10.1 Å². The summed E-state index contributed by atoms with van der Waals surface area (Å²) in [6, 6.07) is 12.9. The van der Waals surface area contributed by atoms with Gasteiger partial charge in [0.25, 0.3) is 11.5 Å². The Balaban J connectivity index is 1.69. The van der Waals surface area contributed by atoms with Crippen LogP contribution in [0.5, 0.6) is 5.75 Å². The largest absolute Gasteiger partial charge is 0.476 e. The van der Waals surface area contributed by atoms with E-state index in [1.165, 1.54) is 30.3 Å². The highest BCUT2D eigenvalue weighted by molar-refractivity contribution is 9.10. The number of halogens is 3. The van der Waals surface area contributed by atoms with Gasteiger partial charge in [-0.05, 0) is 43.3 Å². The van der Waals surface area contributed by atoms with E-state index in [4.69, 9.17) is 16.3 Å². The van der Waals surface area contributed by atoms with E-state index in [1.54, 1.807) is 25.1 Å². The molecule has 0 saturated heterocycles. The van der Waals surface area contributed by atoms with E-state index in [1.807, 2.05) is 0 Å². The maximum absolute atomic E-state index is 13.8. The summed E-state index contributed by atoms with van der Waals surface area (Å²) in [5, 5.41) is 18.5. The molecular formula is C24H16BrClFN5O5. The third-order valence-corrected chi connectivity index (χ3v) is 5.75. The minimum atomic E-state index is -0.756. The van der Waals surface area contributed by atoms with Gasteiger partial charge in [-0.15, -0.1) is 0 Å². The van der Waals surface area contributed by atoms with Crippen molar-refractivity contribution in [2.24, 2.45) is 5.10 Å². The molecule has 0 saturated carbocycles. The standard InChI is InChI=1S/C24H16BrClFN5O5/c1-13-29-19-7-6-15(25)9-17(19)24(34)31(13)28-11-14-8-16(26)10-21(32(35)36)23(14)37-12-22(33)30-20-5-3-2-4-18(20)27/h2-11H,12H2,1H3,(H,30,33). The van der Waals surface area contributed by atoms with Gasteiger partial charge in [-0.3, -0.25) is 19.7 Å². The van der Waals surface area contributed by atoms with E-state index in [0.717, 1.165) is 17.0 Å². The lowest BCUT2D eigenvalue weighted by Crippen LogP contribution is -2.22. The summed E-state index contributed by atoms with van der Waals surface area (Å²) in [4.78, 5) is 40.6. The number of hydrogen-bond acceptors (Lipinski definition) is 7. The van der Waals surface area contributed by atoms with Gasteiger partial charge >= 0.3 is 5.69 Å². The second-order valence-corrected chi connectivity index (χ2v) is 8.95. The number of aromatic nitrogens is 2. The molecule has 1 amide bonds. The number of anilines is 1. The number of aryl methyl sites for hydroxylation is 1. The number of benzene rings is 3. The number of rotatable bonds is 7. The molecule has 4 aromatic rings. The van der Waals surface area contributed by atoms with Crippen LogP contribution in [-0.4, -0.2) is 33.3 Å². The molecule has 0 atom stereocenters. The Morgan fingerprint density at radius 1 is 1.30 bits per heavy atom. The maximum atomic E-state index is 13.8. The van der Waals surface area contributed by atoms with E-state index >= 15 is 0 Å². The molecule has 0 bridgehead atoms. The molecule has 0 radical (unpaired) electrons. The average Bonchev–Trinajstić information content (AvgIpc) is 2.84. The number of carbonyl (C=O) groups is 1. The van der Waals surface area contributed by atoms with Crippen molar-refractivity contribution in [1.29, 1.82) is 0 Å². The fraction of sp³-hybridized carbons (Fsp3) is 0.0833. The van der Waals surface area contributed by atoms with Crippen molar-refractivity contribution in [2.75, 3.05) is 11.9 Å². The highest BCUT2D eigenvalue weighted by Gasteiger charge is 2.22. The molecule has 0 unspecified atom stereocenters. The SMILES string of the molecule is Cc1nc2ccc(Br)cc2c(=O)n1N=Cc1cc(Cl)cc([N+](=O)[O-])c1OCC(=O)Nc1ccccc1F. The average molecular weight is 589 g/mol. The van der Waals surface area contributed by atoms with Crippen LogP contribution in [0, 0.1) is 22.9 Å². The number of hydrogen-bond donors (Lipinski definition) is 1. The molecule has 10 nitrogen and oxygen atoms in total. The van der Waals surface area contributed by atoms with Crippen LogP contribution in [0.3, 0.4) is 0 Å². The Bertz CT molecular complexity index is 1640. The lowest BCUT2D eigenvalue weighted by Gasteiger charge is -2.11. The van der Waals surface area contributed by atoms with Crippen molar-refractivity contribution in [3.8, 4) is 5.75 Å². The maximum Gasteiger partial charge on any atom is 0.313 e. The topological polar surface area (TPSA) is 129 Å². The van der Waals surface area contributed by atoms with Gasteiger partial charge in [-0.25, -0.2) is 9.37 Å². The van der Waals surface area contributed by atoms with Gasteiger partial charge in [0.05, 0.1) is 27.7 Å². The molecule has 13 heteroatoms. The molecule has 0 aliphatic carbocycles. The van der Waals surface area contributed by atoms with Gasteiger partial charge in [0.1, 0.15) is 11.6 Å². The van der Waals surface area contributed by atoms with Crippen molar-refractivity contribution in [1.82, 2.24) is 9.66 Å². The highest BCUT2D eigenvalue weighted by atomic mass is 79.9. The van der Waals surface area contributed by atoms with E-state index < -0.39 is 34.5 Å². The summed E-state index contributed by atoms with van der Waals surface area (Å²) in [5.74, 6) is -1.46. The minimum Gasteiger partial charge on any atom is -0.476 e. The van der Waals surface area contributed by atoms with E-state index in [2.05, 4.69) is 31.3 Å². The first-order chi connectivity index (χ1) is 17.6. The first kappa shape index (κ1) is 25.9. The van der Waals surface area contributed by atoms with Crippen LogP contribution in [0.1, 0.15) is 11.4 Å². The highest BCUT2D eigenvalue weighted by Crippen LogP contribution is 2.34. The zero-order valence-corrected chi connectivity index (χ0v) is 21.3. The van der Waals surface area contributed by atoms with Crippen LogP contribution in [-0.2, 0) is 4.79 Å². The fourth-order valence-corrected chi connectivity index (χ4v) is 3.97. The molecular weight excluding hydrogens is 573 g/mol. The van der Waals surface area contributed by atoms with Crippen molar-refractivity contribution >= 4 is 61.9 Å². The van der Waals surface area contributed by atoms with Crippen LogP contribution in [0.4, 0.5) is 15.8 Å². The van der Waals surface area contributed by atoms with Gasteiger partial charge in [0, 0.05) is 21.1 Å². The molecule has 188 valence electrons. The number of amides is 1. The smallest absolute Gasteiger partial charge is 0.313 e. The summed E-state index contributed by atoms with van der Waals surface area (Å²) in [5.41, 5.74) is -0.576. The van der Waals surface area contributed by atoms with E-state index in [-0.39, 0.29) is 27.8 Å². The number of nitrogens with one attached hydrogen (secondary N) is 1. The second-order valence-electron chi connectivity index (χ2n) is 7.60. The number of nitrogens with zero attached hydrogens (tertiary/aromatic N) is 4. The van der Waals surface area contributed by atoms with E-state index in [9.17, 15) is 24.1 Å². The molecule has 4 rings (SSSR count). The molecule has 0 spiro atoms. The van der Waals surface area contributed by atoms with Gasteiger partial charge in [-0.2, -0.15) is 9.78 Å². The molecule has 1 aromatic heterocycles. The number of para-hydroxylation sites is 1. The fourth-order valence-electron chi connectivity index (χ4n) is 3.39. The van der Waals surface area contributed by atoms with Gasteiger partial charge in [-0.1, -0.05) is 39.7 Å². The van der Waals surface area contributed by atoms with Gasteiger partial charge in [0.15, 0.2) is 6.61 Å². The molecule has 0 aliphatic rings. The third-order valence-electron chi connectivity index (χ3n) is 5.04. The van der Waals surface area contributed by atoms with Crippen LogP contribution in [0.15, 0.2) is 69.0 Å². The van der Waals surface area contributed by atoms with Crippen molar-refractivity contribution < 1.29 is 18.8 Å². The molecule has 3 aromatic carbocycles. The van der Waals surface area contributed by atoms with Crippen LogP contribution in [0.25, 0.3) is 10.9 Å². The van der Waals surface area contributed by atoms with Crippen molar-refractivity contribution in [2.45, 2.75) is 6.92 Å². The Morgan fingerprint density at radius 3 is 2.78 bits per heavy atom. The first-order valence-electron chi connectivity index (χ1n) is 10.5. The Kier molecular flexibility index (Phi) is 7.60. The summed E-state index contributed by atoms with van der Waals surface area (Å²) in [6.07, 6.45) is 1.14.